The molecule has 1 atom stereocenters. The lowest BCUT2D eigenvalue weighted by molar-refractivity contribution is -0.384. The van der Waals surface area contributed by atoms with E-state index in [0.717, 1.165) is 4.88 Å². The Labute approximate surface area is 159 Å². The number of ether oxygens (including phenoxy) is 1. The normalized spacial score (nSPS) is 17.3. The van der Waals surface area contributed by atoms with E-state index in [1.54, 1.807) is 20.0 Å². The van der Waals surface area contributed by atoms with Crippen molar-refractivity contribution in [1.29, 1.82) is 0 Å². The van der Waals surface area contributed by atoms with Gasteiger partial charge in [0.05, 0.1) is 23.3 Å². The van der Waals surface area contributed by atoms with Gasteiger partial charge < -0.3 is 9.64 Å². The molecule has 27 heavy (non-hydrogen) atoms. The number of rotatable bonds is 4. The van der Waals surface area contributed by atoms with E-state index in [0.29, 0.717) is 17.0 Å². The molecule has 0 saturated carbocycles. The average Bonchev–Trinajstić information content (AvgIpc) is 3.18. The van der Waals surface area contributed by atoms with Crippen molar-refractivity contribution in [2.75, 3.05) is 19.1 Å². The number of nitro benzene ring substituents is 1. The Morgan fingerprint density at radius 1 is 1.30 bits per heavy atom. The number of non-ortho nitro benzene ring substituents is 1. The van der Waals surface area contributed by atoms with Crippen molar-refractivity contribution >= 4 is 34.7 Å². The molecule has 140 valence electrons. The number of hydrogen-bond acceptors (Lipinski definition) is 6. The number of nitrogens with zero attached hydrogens (tertiary/aromatic N) is 3. The van der Waals surface area contributed by atoms with E-state index in [9.17, 15) is 19.7 Å². The summed E-state index contributed by atoms with van der Waals surface area (Å²) in [5.41, 5.74) is 0.859. The molecule has 3 rings (SSSR count). The third-order valence-corrected chi connectivity index (χ3v) is 5.32. The van der Waals surface area contributed by atoms with Crippen LogP contribution in [0.4, 0.5) is 16.2 Å². The monoisotopic (exact) mass is 387 g/mol. The molecule has 1 aromatic carbocycles. The highest BCUT2D eigenvalue weighted by Crippen LogP contribution is 2.40. The lowest BCUT2D eigenvalue weighted by Gasteiger charge is -2.40. The number of thiophene rings is 1. The summed E-state index contributed by atoms with van der Waals surface area (Å²) in [5, 5.41) is 13.0. The zero-order valence-electron chi connectivity index (χ0n) is 14.9. The Bertz CT molecular complexity index is 938. The van der Waals surface area contributed by atoms with Gasteiger partial charge in [-0.05, 0) is 24.4 Å². The summed E-state index contributed by atoms with van der Waals surface area (Å²) in [6, 6.07) is 8.44. The average molecular weight is 387 g/mol. The van der Waals surface area contributed by atoms with Crippen LogP contribution >= 0.6 is 11.3 Å². The summed E-state index contributed by atoms with van der Waals surface area (Å²) in [6.45, 7) is 1.64. The molecule has 0 aliphatic carbocycles. The molecule has 1 aliphatic rings. The molecule has 1 aliphatic heterocycles. The van der Waals surface area contributed by atoms with E-state index < -0.39 is 16.9 Å². The highest BCUT2D eigenvalue weighted by atomic mass is 32.1. The molecule has 2 aromatic rings. The van der Waals surface area contributed by atoms with Gasteiger partial charge in [0.2, 0.25) is 0 Å². The standard InChI is InChI=1S/C18H17N3O5S/c1-11-15(17(22)26-3)16(14-8-5-9-27-14)19(2)18(23)20(11)12-6-4-7-13(10-12)21(24)25/h4-10,16H,1-3H3. The summed E-state index contributed by atoms with van der Waals surface area (Å²) in [4.78, 5) is 39.7. The van der Waals surface area contributed by atoms with Crippen LogP contribution in [0, 0.1) is 10.1 Å². The number of nitro groups is 1. The molecule has 0 N–H and O–H groups in total. The maximum absolute atomic E-state index is 13.1. The van der Waals surface area contributed by atoms with Gasteiger partial charge >= 0.3 is 12.0 Å². The van der Waals surface area contributed by atoms with E-state index in [-0.39, 0.29) is 11.7 Å². The molecular weight excluding hydrogens is 370 g/mol. The molecular formula is C18H17N3O5S. The molecule has 2 amide bonds. The first-order chi connectivity index (χ1) is 12.9. The number of esters is 1. The summed E-state index contributed by atoms with van der Waals surface area (Å²) in [6.07, 6.45) is 0. The van der Waals surface area contributed by atoms with Crippen LogP contribution < -0.4 is 4.90 Å². The second-order valence-electron chi connectivity index (χ2n) is 5.91. The zero-order valence-corrected chi connectivity index (χ0v) is 15.7. The SMILES string of the molecule is COC(=O)C1=C(C)N(c2cccc([N+](=O)[O-])c2)C(=O)N(C)C1c1cccs1. The van der Waals surface area contributed by atoms with Gasteiger partial charge in [0.25, 0.3) is 5.69 Å². The van der Waals surface area contributed by atoms with E-state index >= 15 is 0 Å². The molecule has 1 unspecified atom stereocenters. The first-order valence-corrected chi connectivity index (χ1v) is 8.88. The number of allylic oxidation sites excluding steroid dienone is 1. The maximum Gasteiger partial charge on any atom is 0.338 e. The third kappa shape index (κ3) is 3.17. The highest BCUT2D eigenvalue weighted by molar-refractivity contribution is 7.10. The minimum absolute atomic E-state index is 0.143. The number of likely N-dealkylation sites (N-methyl/N-ethyl adjacent to an activating group) is 1. The number of amides is 2. The Kier molecular flexibility index (Phi) is 4.95. The minimum atomic E-state index is -0.583. The molecule has 2 heterocycles. The zero-order chi connectivity index (χ0) is 19.7. The number of benzene rings is 1. The fourth-order valence-electron chi connectivity index (χ4n) is 3.12. The van der Waals surface area contributed by atoms with Gasteiger partial charge in [-0.3, -0.25) is 15.0 Å². The van der Waals surface area contributed by atoms with E-state index in [1.165, 1.54) is 46.4 Å². The van der Waals surface area contributed by atoms with Crippen LogP contribution in [0.2, 0.25) is 0 Å². The minimum Gasteiger partial charge on any atom is -0.466 e. The van der Waals surface area contributed by atoms with Gasteiger partial charge in [-0.2, -0.15) is 0 Å². The van der Waals surface area contributed by atoms with Crippen LogP contribution in [0.15, 0.2) is 53.0 Å². The molecule has 9 heteroatoms. The van der Waals surface area contributed by atoms with Gasteiger partial charge in [0.1, 0.15) is 6.04 Å². The van der Waals surface area contributed by atoms with Crippen LogP contribution in [0.5, 0.6) is 0 Å². The van der Waals surface area contributed by atoms with Crippen LogP contribution in [-0.2, 0) is 9.53 Å². The van der Waals surface area contributed by atoms with Crippen molar-refractivity contribution in [3.8, 4) is 0 Å². The number of carbonyl (C=O) groups is 2. The lowest BCUT2D eigenvalue weighted by Crippen LogP contribution is -2.49. The van der Waals surface area contributed by atoms with Crippen molar-refractivity contribution in [1.82, 2.24) is 4.90 Å². The number of anilines is 1. The summed E-state index contributed by atoms with van der Waals surface area (Å²) < 4.78 is 4.95. The van der Waals surface area contributed by atoms with Gasteiger partial charge in [0.15, 0.2) is 0 Å². The Hall–Kier alpha value is -3.20. The van der Waals surface area contributed by atoms with Crippen molar-refractivity contribution in [3.63, 3.8) is 0 Å². The highest BCUT2D eigenvalue weighted by Gasteiger charge is 2.41. The third-order valence-electron chi connectivity index (χ3n) is 4.40. The van der Waals surface area contributed by atoms with E-state index in [1.807, 2.05) is 17.5 Å². The summed E-state index contributed by atoms with van der Waals surface area (Å²) in [5.74, 6) is -0.555. The second kappa shape index (κ2) is 7.20. The van der Waals surface area contributed by atoms with Crippen molar-refractivity contribution < 1.29 is 19.2 Å². The number of hydrogen-bond donors (Lipinski definition) is 0. The first-order valence-electron chi connectivity index (χ1n) is 8.00. The lowest BCUT2D eigenvalue weighted by atomic mass is 9.98. The quantitative estimate of drug-likeness (QED) is 0.453. The van der Waals surface area contributed by atoms with Crippen molar-refractivity contribution in [2.24, 2.45) is 0 Å². The van der Waals surface area contributed by atoms with Crippen LogP contribution in [0.3, 0.4) is 0 Å². The predicted molar refractivity (Wildman–Crippen MR) is 101 cm³/mol. The number of methoxy groups -OCH3 is 1. The Morgan fingerprint density at radius 3 is 2.63 bits per heavy atom. The number of urea groups is 1. The van der Waals surface area contributed by atoms with Crippen LogP contribution in [0.1, 0.15) is 17.8 Å². The predicted octanol–water partition coefficient (Wildman–Crippen LogP) is 3.72. The Balaban J connectivity index is 2.20. The molecule has 0 saturated heterocycles. The summed E-state index contributed by atoms with van der Waals surface area (Å²) in [7, 11) is 2.87. The van der Waals surface area contributed by atoms with Crippen LogP contribution in [-0.4, -0.2) is 36.0 Å². The fraction of sp³-hybridized carbons (Fsp3) is 0.222. The molecule has 1 aromatic heterocycles. The van der Waals surface area contributed by atoms with Crippen LogP contribution in [0.25, 0.3) is 0 Å². The fourth-order valence-corrected chi connectivity index (χ4v) is 4.00. The van der Waals surface area contributed by atoms with Crippen molar-refractivity contribution in [3.05, 3.63) is 68.0 Å². The van der Waals surface area contributed by atoms with Gasteiger partial charge in [-0.15, -0.1) is 11.3 Å². The van der Waals surface area contributed by atoms with E-state index in [4.69, 9.17) is 4.74 Å². The van der Waals surface area contributed by atoms with Gasteiger partial charge in [-0.1, -0.05) is 12.1 Å². The van der Waals surface area contributed by atoms with Crippen molar-refractivity contribution in [2.45, 2.75) is 13.0 Å². The maximum atomic E-state index is 13.1. The smallest absolute Gasteiger partial charge is 0.338 e. The van der Waals surface area contributed by atoms with E-state index in [2.05, 4.69) is 0 Å². The van der Waals surface area contributed by atoms with Gasteiger partial charge in [0, 0.05) is 29.8 Å². The molecule has 0 spiro atoms. The first kappa shape index (κ1) is 18.6. The number of carbonyl (C=O) groups excluding carboxylic acids is 2. The molecule has 0 bridgehead atoms. The molecule has 8 nitrogen and oxygen atoms in total. The molecule has 0 radical (unpaired) electrons. The second-order valence-corrected chi connectivity index (χ2v) is 6.89. The Morgan fingerprint density at radius 2 is 2.04 bits per heavy atom. The summed E-state index contributed by atoms with van der Waals surface area (Å²) >= 11 is 1.43. The van der Waals surface area contributed by atoms with Gasteiger partial charge in [-0.25, -0.2) is 9.59 Å². The largest absolute Gasteiger partial charge is 0.466 e. The molecule has 0 fully saturated rings. The topological polar surface area (TPSA) is 93.0 Å².